The van der Waals surface area contributed by atoms with E-state index in [0.29, 0.717) is 18.9 Å². The minimum atomic E-state index is -0.0777. The highest BCUT2D eigenvalue weighted by atomic mass is 16.1. The van der Waals surface area contributed by atoms with Crippen LogP contribution in [0.5, 0.6) is 0 Å². The predicted octanol–water partition coefficient (Wildman–Crippen LogP) is 2.33. The second-order valence-electron chi connectivity index (χ2n) is 6.89. The molecule has 0 unspecified atom stereocenters. The van der Waals surface area contributed by atoms with Crippen molar-refractivity contribution in [3.63, 3.8) is 0 Å². The maximum absolute atomic E-state index is 12.7. The summed E-state index contributed by atoms with van der Waals surface area (Å²) < 4.78 is 0. The van der Waals surface area contributed by atoms with Gasteiger partial charge >= 0.3 is 0 Å². The minimum absolute atomic E-state index is 0.0777. The zero-order valence-electron chi connectivity index (χ0n) is 15.2. The number of hydrogen-bond donors (Lipinski definition) is 1. The monoisotopic (exact) mass is 370 g/mol. The van der Waals surface area contributed by atoms with Crippen LogP contribution >= 0.6 is 0 Å². The van der Waals surface area contributed by atoms with Gasteiger partial charge in [-0.05, 0) is 24.3 Å². The quantitative estimate of drug-likeness (QED) is 0.596. The number of fused-ring (bicyclic) bond motifs is 2. The Hall–Kier alpha value is -3.45. The van der Waals surface area contributed by atoms with E-state index in [0.717, 1.165) is 46.5 Å². The van der Waals surface area contributed by atoms with Gasteiger partial charge in [0.1, 0.15) is 5.82 Å². The van der Waals surface area contributed by atoms with Gasteiger partial charge in [-0.3, -0.25) is 19.7 Å². The lowest BCUT2D eigenvalue weighted by atomic mass is 10.1. The van der Waals surface area contributed by atoms with E-state index in [1.54, 1.807) is 12.4 Å². The lowest BCUT2D eigenvalue weighted by Gasteiger charge is -2.27. The molecule has 0 atom stereocenters. The third kappa shape index (κ3) is 3.16. The maximum Gasteiger partial charge on any atom is 0.255 e. The molecule has 7 nitrogen and oxygen atoms in total. The smallest absolute Gasteiger partial charge is 0.255 e. The van der Waals surface area contributed by atoms with E-state index in [4.69, 9.17) is 0 Å². The van der Waals surface area contributed by atoms with Crippen LogP contribution in [0.3, 0.4) is 0 Å². The maximum atomic E-state index is 12.7. The van der Waals surface area contributed by atoms with Gasteiger partial charge in [-0.15, -0.1) is 0 Å². The highest BCUT2D eigenvalue weighted by Crippen LogP contribution is 2.19. The molecule has 1 aliphatic heterocycles. The molecule has 5 rings (SSSR count). The van der Waals surface area contributed by atoms with Crippen molar-refractivity contribution >= 4 is 11.0 Å². The van der Waals surface area contributed by atoms with Crippen LogP contribution < -0.4 is 5.56 Å². The van der Waals surface area contributed by atoms with Crippen LogP contribution in [0.25, 0.3) is 22.4 Å². The Balaban J connectivity index is 1.39. The molecule has 0 saturated carbocycles. The van der Waals surface area contributed by atoms with Crippen molar-refractivity contribution in [2.75, 3.05) is 6.54 Å². The van der Waals surface area contributed by atoms with Crippen LogP contribution in [0.1, 0.15) is 17.0 Å². The normalized spacial score (nSPS) is 14.1. The average molecular weight is 370 g/mol. The van der Waals surface area contributed by atoms with Gasteiger partial charge in [0.25, 0.3) is 5.56 Å². The number of rotatable bonds is 3. The predicted molar refractivity (Wildman–Crippen MR) is 105 cm³/mol. The summed E-state index contributed by atoms with van der Waals surface area (Å²) in [6.07, 6.45) is 5.94. The van der Waals surface area contributed by atoms with Crippen LogP contribution in [-0.2, 0) is 19.5 Å². The highest BCUT2D eigenvalue weighted by molar-refractivity contribution is 5.73. The molecule has 0 amide bonds. The molecule has 0 radical (unpaired) electrons. The van der Waals surface area contributed by atoms with Gasteiger partial charge in [-0.25, -0.2) is 9.97 Å². The van der Waals surface area contributed by atoms with Crippen molar-refractivity contribution in [3.05, 3.63) is 82.3 Å². The van der Waals surface area contributed by atoms with Crippen molar-refractivity contribution in [2.45, 2.75) is 19.5 Å². The Kier molecular flexibility index (Phi) is 4.14. The highest BCUT2D eigenvalue weighted by Gasteiger charge is 2.22. The molecule has 0 spiro atoms. The molecule has 0 aliphatic carbocycles. The standard InChI is InChI=1S/C21H18N6O/c28-21-16-13-27(12-15-11-23-18-3-1-2-4-19(18)24-15)10-7-17(16)25-20(26-21)14-5-8-22-9-6-14/h1-6,8-9,11H,7,10,12-13H2,(H,25,26,28). The zero-order valence-corrected chi connectivity index (χ0v) is 15.2. The summed E-state index contributed by atoms with van der Waals surface area (Å²) in [5.74, 6) is 0.597. The lowest BCUT2D eigenvalue weighted by Crippen LogP contribution is -2.35. The van der Waals surface area contributed by atoms with Crippen LogP contribution in [0.2, 0.25) is 0 Å². The van der Waals surface area contributed by atoms with Crippen molar-refractivity contribution in [3.8, 4) is 11.4 Å². The number of pyridine rings is 1. The van der Waals surface area contributed by atoms with E-state index in [1.165, 1.54) is 0 Å². The number of aromatic nitrogens is 5. The second kappa shape index (κ2) is 6.94. The van der Waals surface area contributed by atoms with Crippen LogP contribution in [0.4, 0.5) is 0 Å². The average Bonchev–Trinajstić information content (AvgIpc) is 2.74. The topological polar surface area (TPSA) is 87.7 Å². The molecule has 1 aliphatic rings. The number of hydrogen-bond acceptors (Lipinski definition) is 6. The third-order valence-corrected chi connectivity index (χ3v) is 4.99. The summed E-state index contributed by atoms with van der Waals surface area (Å²) in [4.78, 5) is 35.7. The van der Waals surface area contributed by atoms with Gasteiger partial charge in [-0.1, -0.05) is 12.1 Å². The summed E-state index contributed by atoms with van der Waals surface area (Å²) in [5, 5.41) is 0. The van der Waals surface area contributed by atoms with Crippen LogP contribution in [0.15, 0.2) is 59.8 Å². The summed E-state index contributed by atoms with van der Waals surface area (Å²) in [7, 11) is 0. The number of aromatic amines is 1. The molecule has 1 aromatic carbocycles. The molecule has 3 aromatic heterocycles. The molecule has 7 heteroatoms. The SMILES string of the molecule is O=c1[nH]c(-c2ccncc2)nc2c1CN(Cc1cnc3ccccc3n1)CC2. The molecule has 1 N–H and O–H groups in total. The summed E-state index contributed by atoms with van der Waals surface area (Å²) in [6.45, 7) is 2.04. The van der Waals surface area contributed by atoms with Crippen molar-refractivity contribution in [1.29, 1.82) is 0 Å². The van der Waals surface area contributed by atoms with Crippen LogP contribution in [0, 0.1) is 0 Å². The Morgan fingerprint density at radius 3 is 2.71 bits per heavy atom. The lowest BCUT2D eigenvalue weighted by molar-refractivity contribution is 0.239. The van der Waals surface area contributed by atoms with Gasteiger partial charge in [0, 0.05) is 44.0 Å². The fourth-order valence-electron chi connectivity index (χ4n) is 3.56. The molecule has 28 heavy (non-hydrogen) atoms. The Morgan fingerprint density at radius 1 is 1.04 bits per heavy atom. The van der Waals surface area contributed by atoms with Crippen molar-refractivity contribution < 1.29 is 0 Å². The first-order chi connectivity index (χ1) is 13.8. The van der Waals surface area contributed by atoms with Gasteiger partial charge < -0.3 is 4.98 Å². The van der Waals surface area contributed by atoms with E-state index < -0.39 is 0 Å². The second-order valence-corrected chi connectivity index (χ2v) is 6.89. The van der Waals surface area contributed by atoms with E-state index >= 15 is 0 Å². The number of nitrogens with zero attached hydrogens (tertiary/aromatic N) is 5. The molecule has 138 valence electrons. The number of para-hydroxylation sites is 2. The Labute approximate surface area is 161 Å². The summed E-state index contributed by atoms with van der Waals surface area (Å²) >= 11 is 0. The number of nitrogens with one attached hydrogen (secondary N) is 1. The fourth-order valence-corrected chi connectivity index (χ4v) is 3.56. The Morgan fingerprint density at radius 2 is 1.86 bits per heavy atom. The van der Waals surface area contributed by atoms with Gasteiger partial charge in [-0.2, -0.15) is 0 Å². The summed E-state index contributed by atoms with van der Waals surface area (Å²) in [5.41, 5.74) is 5.07. The molecule has 0 saturated heterocycles. The third-order valence-electron chi connectivity index (χ3n) is 4.99. The van der Waals surface area contributed by atoms with Gasteiger partial charge in [0.15, 0.2) is 0 Å². The van der Waals surface area contributed by atoms with E-state index in [9.17, 15) is 4.79 Å². The Bertz CT molecular complexity index is 1200. The number of benzene rings is 1. The van der Waals surface area contributed by atoms with Crippen molar-refractivity contribution in [1.82, 2.24) is 29.8 Å². The van der Waals surface area contributed by atoms with Crippen molar-refractivity contribution in [2.24, 2.45) is 0 Å². The van der Waals surface area contributed by atoms with E-state index in [1.807, 2.05) is 42.6 Å². The number of H-pyrrole nitrogens is 1. The molecule has 4 aromatic rings. The molecular weight excluding hydrogens is 352 g/mol. The largest absolute Gasteiger partial charge is 0.306 e. The first-order valence-electron chi connectivity index (χ1n) is 9.22. The fraction of sp³-hybridized carbons (Fsp3) is 0.190. The van der Waals surface area contributed by atoms with Gasteiger partial charge in [0.2, 0.25) is 0 Å². The molecular formula is C21H18N6O. The van der Waals surface area contributed by atoms with Gasteiger partial charge in [0.05, 0.1) is 34.2 Å². The molecule has 0 bridgehead atoms. The first-order valence-corrected chi connectivity index (χ1v) is 9.22. The first kappa shape index (κ1) is 16.7. The van der Waals surface area contributed by atoms with Crippen LogP contribution in [-0.4, -0.2) is 36.4 Å². The molecule has 4 heterocycles. The zero-order chi connectivity index (χ0) is 18.9. The van der Waals surface area contributed by atoms with E-state index in [2.05, 4.69) is 29.8 Å². The minimum Gasteiger partial charge on any atom is -0.306 e. The van der Waals surface area contributed by atoms with E-state index in [-0.39, 0.29) is 5.56 Å². The molecule has 0 fully saturated rings. The summed E-state index contributed by atoms with van der Waals surface area (Å²) in [6, 6.07) is 11.5.